The van der Waals surface area contributed by atoms with Crippen molar-refractivity contribution in [3.8, 4) is 11.1 Å². The molecule has 0 bridgehead atoms. The van der Waals surface area contributed by atoms with Crippen LogP contribution in [-0.2, 0) is 7.05 Å². The van der Waals surface area contributed by atoms with Crippen LogP contribution in [0.3, 0.4) is 0 Å². The monoisotopic (exact) mass is 414 g/mol. The van der Waals surface area contributed by atoms with Gasteiger partial charge in [0.2, 0.25) is 0 Å². The fourth-order valence-electron chi connectivity index (χ4n) is 2.68. The van der Waals surface area contributed by atoms with Crippen molar-refractivity contribution in [2.45, 2.75) is 13.8 Å². The lowest BCUT2D eigenvalue weighted by Crippen LogP contribution is -2.19. The molecule has 4 N–H and O–H groups in total. The van der Waals surface area contributed by atoms with Gasteiger partial charge in [0.15, 0.2) is 0 Å². The van der Waals surface area contributed by atoms with Crippen molar-refractivity contribution >= 4 is 22.7 Å². The number of aromatic nitrogens is 1. The highest BCUT2D eigenvalue weighted by molar-refractivity contribution is 5.84. The molecule has 0 spiro atoms. The van der Waals surface area contributed by atoms with Crippen molar-refractivity contribution in [1.82, 2.24) is 4.57 Å². The number of aryl methyl sites for hydroxylation is 1. The molecule has 0 fully saturated rings. The van der Waals surface area contributed by atoms with Crippen LogP contribution in [0, 0.1) is 11.6 Å². The highest BCUT2D eigenvalue weighted by Crippen LogP contribution is 2.33. The Bertz CT molecular complexity index is 1050. The van der Waals surface area contributed by atoms with Crippen LogP contribution in [0.4, 0.5) is 31.5 Å². The average Bonchev–Trinajstić information content (AvgIpc) is 2.76. The Morgan fingerprint density at radius 3 is 2.20 bits per heavy atom. The lowest BCUT2D eigenvalue weighted by molar-refractivity contribution is 0.586. The van der Waals surface area contributed by atoms with E-state index in [1.807, 2.05) is 13.8 Å². The number of halogens is 2. The molecule has 0 saturated heterocycles. The summed E-state index contributed by atoms with van der Waals surface area (Å²) in [5, 5.41) is 5.82. The third-order valence-electron chi connectivity index (χ3n) is 4.01. The number of nitrogens with two attached hydrogens (primary N) is 1. The first-order chi connectivity index (χ1) is 14.4. The van der Waals surface area contributed by atoms with Crippen LogP contribution >= 0.6 is 0 Å². The van der Waals surface area contributed by atoms with Gasteiger partial charge in [-0.15, -0.1) is 13.2 Å². The minimum Gasteiger partial charge on any atom is -0.399 e. The Labute approximate surface area is 175 Å². The van der Waals surface area contributed by atoms with Crippen molar-refractivity contribution in [2.24, 2.45) is 7.05 Å². The first-order valence-electron chi connectivity index (χ1n) is 9.39. The Balaban J connectivity index is 0.00000106. The van der Waals surface area contributed by atoms with E-state index in [-0.39, 0.29) is 11.2 Å². The number of pyridine rings is 1. The number of benzene rings is 2. The van der Waals surface area contributed by atoms with E-state index >= 15 is 0 Å². The Hall–Kier alpha value is -3.61. The number of hydrogen-bond acceptors (Lipinski definition) is 4. The van der Waals surface area contributed by atoms with Gasteiger partial charge in [-0.25, -0.2) is 8.78 Å². The molecule has 30 heavy (non-hydrogen) atoms. The second-order valence-electron chi connectivity index (χ2n) is 5.86. The lowest BCUT2D eigenvalue weighted by Gasteiger charge is -2.15. The maximum atomic E-state index is 14.0. The maximum Gasteiger partial charge on any atom is 0.273 e. The summed E-state index contributed by atoms with van der Waals surface area (Å²) in [5.41, 5.74) is 8.79. The van der Waals surface area contributed by atoms with Crippen molar-refractivity contribution < 1.29 is 8.78 Å². The maximum absolute atomic E-state index is 14.0. The summed E-state index contributed by atoms with van der Waals surface area (Å²) in [6, 6.07) is 10.1. The number of nitrogens with one attached hydrogen (secondary N) is 2. The van der Waals surface area contributed by atoms with Gasteiger partial charge in [0.05, 0.1) is 5.69 Å². The van der Waals surface area contributed by atoms with E-state index in [2.05, 4.69) is 23.8 Å². The number of rotatable bonds is 4. The summed E-state index contributed by atoms with van der Waals surface area (Å²) < 4.78 is 28.6. The van der Waals surface area contributed by atoms with Crippen LogP contribution < -0.4 is 21.9 Å². The average molecular weight is 415 g/mol. The highest BCUT2D eigenvalue weighted by Gasteiger charge is 2.12. The van der Waals surface area contributed by atoms with Crippen LogP contribution in [-0.4, -0.2) is 11.6 Å². The third kappa shape index (κ3) is 5.70. The Morgan fingerprint density at radius 1 is 0.967 bits per heavy atom. The summed E-state index contributed by atoms with van der Waals surface area (Å²) in [4.78, 5) is 12.1. The van der Waals surface area contributed by atoms with Crippen molar-refractivity contribution in [2.75, 3.05) is 23.4 Å². The molecule has 0 atom stereocenters. The number of nitrogens with zero attached hydrogens (tertiary/aromatic N) is 1. The molecule has 160 valence electrons. The van der Waals surface area contributed by atoms with Gasteiger partial charge in [-0.05, 0) is 36.4 Å². The van der Waals surface area contributed by atoms with Crippen molar-refractivity contribution in [3.05, 3.63) is 83.8 Å². The molecule has 2 aromatic carbocycles. The molecule has 7 heteroatoms. The van der Waals surface area contributed by atoms with Crippen LogP contribution in [0.1, 0.15) is 13.8 Å². The summed E-state index contributed by atoms with van der Waals surface area (Å²) in [6.45, 7) is 10.0. The van der Waals surface area contributed by atoms with Gasteiger partial charge < -0.3 is 20.9 Å². The molecule has 0 aliphatic carbocycles. The van der Waals surface area contributed by atoms with Crippen LogP contribution in [0.25, 0.3) is 11.1 Å². The largest absolute Gasteiger partial charge is 0.399 e. The van der Waals surface area contributed by atoms with E-state index in [9.17, 15) is 13.6 Å². The van der Waals surface area contributed by atoms with Gasteiger partial charge in [-0.3, -0.25) is 4.79 Å². The van der Waals surface area contributed by atoms with Crippen LogP contribution in [0.5, 0.6) is 0 Å². The summed E-state index contributed by atoms with van der Waals surface area (Å²) in [7, 11) is 3.30. The van der Waals surface area contributed by atoms with Gasteiger partial charge in [-0.2, -0.15) is 0 Å². The van der Waals surface area contributed by atoms with Gasteiger partial charge in [0.1, 0.15) is 17.3 Å². The van der Waals surface area contributed by atoms with Gasteiger partial charge in [-0.1, -0.05) is 13.8 Å². The van der Waals surface area contributed by atoms with Crippen molar-refractivity contribution in [3.63, 3.8) is 0 Å². The molecule has 0 radical (unpaired) electrons. The predicted octanol–water partition coefficient (Wildman–Crippen LogP) is 5.53. The molecule has 3 rings (SSSR count). The molecular weight excluding hydrogens is 386 g/mol. The zero-order valence-electron chi connectivity index (χ0n) is 17.7. The number of nitrogen functional groups attached to an aromatic ring is 1. The van der Waals surface area contributed by atoms with Gasteiger partial charge in [0.25, 0.3) is 5.56 Å². The molecule has 5 nitrogen and oxygen atoms in total. The van der Waals surface area contributed by atoms with Gasteiger partial charge in [0, 0.05) is 48.9 Å². The quantitative estimate of drug-likeness (QED) is 0.388. The van der Waals surface area contributed by atoms with Gasteiger partial charge >= 0.3 is 0 Å². The molecule has 0 aliphatic heterocycles. The van der Waals surface area contributed by atoms with Crippen LogP contribution in [0.2, 0.25) is 0 Å². The molecule has 1 heterocycles. The number of hydrogen-bond donors (Lipinski definition) is 3. The highest BCUT2D eigenvalue weighted by atomic mass is 19.1. The predicted molar refractivity (Wildman–Crippen MR) is 123 cm³/mol. The zero-order valence-corrected chi connectivity index (χ0v) is 17.7. The topological polar surface area (TPSA) is 72.1 Å². The molecule has 0 saturated carbocycles. The van der Waals surface area contributed by atoms with E-state index in [0.717, 1.165) is 6.07 Å². The SMILES string of the molecule is C=C.CC.CNc1cc(-c2cc(N)ccc2Nc2ccc(F)cc2F)cn(C)c1=O. The van der Waals surface area contributed by atoms with E-state index in [0.29, 0.717) is 28.2 Å². The smallest absolute Gasteiger partial charge is 0.273 e. The molecule has 0 amide bonds. The zero-order chi connectivity index (χ0) is 22.8. The second kappa shape index (κ2) is 11.4. The summed E-state index contributed by atoms with van der Waals surface area (Å²) in [5.74, 6) is -1.36. The summed E-state index contributed by atoms with van der Waals surface area (Å²) >= 11 is 0. The summed E-state index contributed by atoms with van der Waals surface area (Å²) in [6.07, 6.45) is 1.67. The lowest BCUT2D eigenvalue weighted by atomic mass is 10.0. The molecule has 0 aliphatic rings. The molecule has 3 aromatic rings. The van der Waals surface area contributed by atoms with E-state index in [1.54, 1.807) is 44.6 Å². The van der Waals surface area contributed by atoms with Crippen molar-refractivity contribution in [1.29, 1.82) is 0 Å². The fourth-order valence-corrected chi connectivity index (χ4v) is 2.68. The van der Waals surface area contributed by atoms with E-state index in [4.69, 9.17) is 5.73 Å². The fraction of sp³-hybridized carbons (Fsp3) is 0.174. The van der Waals surface area contributed by atoms with E-state index < -0.39 is 11.6 Å². The molecule has 1 aromatic heterocycles. The first-order valence-corrected chi connectivity index (χ1v) is 9.39. The normalized spacial score (nSPS) is 9.53. The number of anilines is 4. The van der Waals surface area contributed by atoms with E-state index in [1.165, 1.54) is 16.7 Å². The minimum absolute atomic E-state index is 0.135. The minimum atomic E-state index is -0.704. The molecule has 0 unspecified atom stereocenters. The third-order valence-corrected chi connectivity index (χ3v) is 4.01. The molecular formula is C23H28F2N4O. The van der Waals surface area contributed by atoms with Crippen LogP contribution in [0.15, 0.2) is 66.6 Å². The Kier molecular flexibility index (Phi) is 9.29. The standard InChI is InChI=1S/C19H18F2N4O.C2H6.C2H4/c1-23-18-7-11(10-25(2)19(18)26)14-9-13(22)4-6-16(14)24-17-5-3-12(20)8-15(17)21;2*1-2/h3-10,23-24H,22H2,1-2H3;1-2H3;1-2H2. The second-order valence-corrected chi connectivity index (χ2v) is 5.86. The first kappa shape index (κ1) is 24.4. The Morgan fingerprint density at radius 2 is 1.60 bits per heavy atom.